The number of likely N-dealkylation sites (tertiary alicyclic amines) is 1. The van der Waals surface area contributed by atoms with Gasteiger partial charge in [0.25, 0.3) is 5.91 Å². The fraction of sp³-hybridized carbons (Fsp3) is 0.567. The number of nitrogens with zero attached hydrogens (tertiary/aromatic N) is 1. The van der Waals surface area contributed by atoms with Crippen molar-refractivity contribution in [3.05, 3.63) is 63.7 Å². The van der Waals surface area contributed by atoms with Gasteiger partial charge in [0.15, 0.2) is 16.1 Å². The van der Waals surface area contributed by atoms with Gasteiger partial charge in [-0.05, 0) is 86.8 Å². The maximum absolute atomic E-state index is 15.1. The molecule has 2 fully saturated rings. The summed E-state index contributed by atoms with van der Waals surface area (Å²) in [5, 5.41) is 30.6. The molecule has 1 heterocycles. The zero-order valence-electron chi connectivity index (χ0n) is 24.3. The number of hydrogen-bond acceptors (Lipinski definition) is 6. The summed E-state index contributed by atoms with van der Waals surface area (Å²) in [5.74, 6) is -1.41. The van der Waals surface area contributed by atoms with Crippen molar-refractivity contribution in [2.75, 3.05) is 6.54 Å². The molecule has 16 heteroatoms. The Morgan fingerprint density at radius 3 is 2.11 bits per heavy atom. The van der Waals surface area contributed by atoms with Gasteiger partial charge < -0.3 is 20.2 Å². The number of amides is 1. The number of rotatable bonds is 5. The maximum Gasteiger partial charge on any atom is 0.435 e. The Hall–Kier alpha value is -2.46. The highest BCUT2D eigenvalue weighted by Crippen LogP contribution is 2.57. The average molecular weight is 702 g/mol. The van der Waals surface area contributed by atoms with Crippen LogP contribution in [0.5, 0.6) is 0 Å². The number of hydrogen-bond donors (Lipinski definition) is 3. The second-order valence-electron chi connectivity index (χ2n) is 12.4. The van der Waals surface area contributed by atoms with E-state index >= 15 is 4.39 Å². The lowest BCUT2D eigenvalue weighted by Crippen LogP contribution is -2.57. The smallest absolute Gasteiger partial charge is 0.380 e. The molecule has 2 atom stereocenters. The molecule has 1 amide bonds. The van der Waals surface area contributed by atoms with Crippen molar-refractivity contribution in [3.63, 3.8) is 0 Å². The zero-order chi connectivity index (χ0) is 34.3. The predicted molar refractivity (Wildman–Crippen MR) is 150 cm³/mol. The van der Waals surface area contributed by atoms with Gasteiger partial charge in [0.05, 0.1) is 10.9 Å². The molecule has 46 heavy (non-hydrogen) atoms. The number of alkyl halides is 7. The van der Waals surface area contributed by atoms with E-state index in [0.29, 0.717) is 11.6 Å². The monoisotopic (exact) mass is 701 g/mol. The molecular formula is C30H31ClF7NO6S. The van der Waals surface area contributed by atoms with Gasteiger partial charge in [0, 0.05) is 23.0 Å². The molecule has 2 aliphatic carbocycles. The molecule has 1 saturated carbocycles. The number of halogens is 8. The second kappa shape index (κ2) is 11.3. The molecule has 2 unspecified atom stereocenters. The van der Waals surface area contributed by atoms with E-state index in [4.69, 9.17) is 11.6 Å². The number of carbonyl (C=O) groups is 1. The Balaban J connectivity index is 1.65. The number of carbonyl (C=O) groups excluding carboxylic acids is 1. The molecule has 2 aromatic rings. The molecule has 2 aromatic carbocycles. The minimum Gasteiger partial charge on any atom is -0.380 e. The quantitative estimate of drug-likeness (QED) is 0.285. The molecule has 1 aliphatic heterocycles. The van der Waals surface area contributed by atoms with Crippen LogP contribution in [0.2, 0.25) is 5.02 Å². The van der Waals surface area contributed by atoms with E-state index in [2.05, 4.69) is 0 Å². The van der Waals surface area contributed by atoms with Crippen molar-refractivity contribution in [1.82, 2.24) is 4.90 Å². The van der Waals surface area contributed by atoms with E-state index in [1.807, 2.05) is 0 Å². The third kappa shape index (κ3) is 5.11. The largest absolute Gasteiger partial charge is 0.435 e. The van der Waals surface area contributed by atoms with Crippen molar-refractivity contribution in [1.29, 1.82) is 0 Å². The Bertz CT molecular complexity index is 1620. The van der Waals surface area contributed by atoms with Gasteiger partial charge >= 0.3 is 18.0 Å². The topological polar surface area (TPSA) is 115 Å². The highest BCUT2D eigenvalue weighted by molar-refractivity contribution is 7.92. The van der Waals surface area contributed by atoms with Crippen molar-refractivity contribution in [2.24, 2.45) is 5.92 Å². The summed E-state index contributed by atoms with van der Waals surface area (Å²) in [5.41, 5.74) is -9.50. The van der Waals surface area contributed by atoms with Gasteiger partial charge in [-0.3, -0.25) is 4.79 Å². The summed E-state index contributed by atoms with van der Waals surface area (Å²) in [6, 6.07) is 4.04. The molecule has 0 bridgehead atoms. The third-order valence-electron chi connectivity index (χ3n) is 9.92. The molecule has 7 nitrogen and oxygen atoms in total. The number of aryl methyl sites for hydroxylation is 2. The molecule has 3 N–H and O–H groups in total. The summed E-state index contributed by atoms with van der Waals surface area (Å²) < 4.78 is 124. The minimum absolute atomic E-state index is 0.0842. The first-order chi connectivity index (χ1) is 21.1. The van der Waals surface area contributed by atoms with E-state index in [9.17, 15) is 54.9 Å². The van der Waals surface area contributed by atoms with E-state index in [1.54, 1.807) is 0 Å². The van der Waals surface area contributed by atoms with Crippen LogP contribution in [0.4, 0.5) is 30.7 Å². The highest BCUT2D eigenvalue weighted by Gasteiger charge is 2.74. The van der Waals surface area contributed by atoms with Gasteiger partial charge in [0.2, 0.25) is 0 Å². The first-order valence-corrected chi connectivity index (χ1v) is 16.3. The Morgan fingerprint density at radius 2 is 1.57 bits per heavy atom. The Kier molecular flexibility index (Phi) is 8.58. The molecule has 0 spiro atoms. The van der Waals surface area contributed by atoms with E-state index < -0.39 is 67.9 Å². The normalized spacial score (nSPS) is 27.5. The lowest BCUT2D eigenvalue weighted by Gasteiger charge is -2.45. The first-order valence-electron chi connectivity index (χ1n) is 14.5. The van der Waals surface area contributed by atoms with Crippen molar-refractivity contribution >= 4 is 27.3 Å². The summed E-state index contributed by atoms with van der Waals surface area (Å²) in [7, 11) is -4.59. The summed E-state index contributed by atoms with van der Waals surface area (Å²) in [4.78, 5) is 14.9. The van der Waals surface area contributed by atoms with Gasteiger partial charge in [-0.2, -0.15) is 26.3 Å². The molecule has 3 aliphatic rings. The molecule has 5 rings (SSSR count). The predicted octanol–water partition coefficient (Wildman–Crippen LogP) is 5.39. The second-order valence-corrected chi connectivity index (χ2v) is 15.0. The zero-order valence-corrected chi connectivity index (χ0v) is 25.9. The average Bonchev–Trinajstić information content (AvgIpc) is 3.38. The summed E-state index contributed by atoms with van der Waals surface area (Å²) >= 11 is 6.11. The van der Waals surface area contributed by atoms with Gasteiger partial charge in [0.1, 0.15) is 10.3 Å². The van der Waals surface area contributed by atoms with E-state index in [0.717, 1.165) is 6.07 Å². The SMILES string of the molecule is Cc1cc(S(=O)(=O)C23CCN(C(=O)C4(O)CCC(C(O)O)CC4)C2CCc2cc(C(F)(C(F)(F)F)C(F)(F)F)ccc23)ccc1Cl. The summed E-state index contributed by atoms with van der Waals surface area (Å²) in [6.07, 6.45) is -15.4. The highest BCUT2D eigenvalue weighted by atomic mass is 35.5. The Morgan fingerprint density at radius 1 is 0.957 bits per heavy atom. The molecule has 1 saturated heterocycles. The van der Waals surface area contributed by atoms with Gasteiger partial charge in [-0.1, -0.05) is 29.8 Å². The van der Waals surface area contributed by atoms with Crippen LogP contribution in [0.25, 0.3) is 0 Å². The summed E-state index contributed by atoms with van der Waals surface area (Å²) in [6.45, 7) is 1.30. The number of aliphatic hydroxyl groups is 3. The number of benzene rings is 2. The van der Waals surface area contributed by atoms with Crippen molar-refractivity contribution < 1.29 is 59.3 Å². The molecule has 254 valence electrons. The Labute approximate surface area is 264 Å². The van der Waals surface area contributed by atoms with Crippen molar-refractivity contribution in [3.8, 4) is 0 Å². The third-order valence-corrected chi connectivity index (χ3v) is 12.9. The number of sulfone groups is 1. The van der Waals surface area contributed by atoms with E-state index in [-0.39, 0.29) is 78.6 Å². The van der Waals surface area contributed by atoms with Gasteiger partial charge in [-0.15, -0.1) is 0 Å². The standard InChI is InChI=1S/C30H31ClF7NO6S/c1-16-14-20(4-6-22(16)31)46(44,45)27-12-13-39(25(42)26(43)10-8-17(9-11-26)24(40)41)23(27)7-2-18-15-19(3-5-21(18)27)28(32,29(33,34)35)30(36,37)38/h3-6,14-15,17,23-24,40-41,43H,2,7-13H2,1H3. The van der Waals surface area contributed by atoms with Gasteiger partial charge in [-0.25, -0.2) is 12.8 Å². The molecule has 0 radical (unpaired) electrons. The van der Waals surface area contributed by atoms with Crippen LogP contribution in [-0.4, -0.2) is 71.4 Å². The minimum atomic E-state index is -6.38. The molecular weight excluding hydrogens is 671 g/mol. The van der Waals surface area contributed by atoms with Crippen LogP contribution < -0.4 is 0 Å². The van der Waals surface area contributed by atoms with Crippen LogP contribution in [0.3, 0.4) is 0 Å². The van der Waals surface area contributed by atoms with Crippen LogP contribution in [0.15, 0.2) is 41.3 Å². The van der Waals surface area contributed by atoms with E-state index in [1.165, 1.54) is 30.0 Å². The number of fused-ring (bicyclic) bond motifs is 3. The molecule has 0 aromatic heterocycles. The fourth-order valence-corrected chi connectivity index (χ4v) is 9.93. The van der Waals surface area contributed by atoms with Crippen LogP contribution in [-0.2, 0) is 31.5 Å². The van der Waals surface area contributed by atoms with Crippen molar-refractivity contribution in [2.45, 2.75) is 97.5 Å². The number of aliphatic hydroxyl groups excluding tert-OH is 1. The fourth-order valence-electron chi connectivity index (χ4n) is 7.36. The van der Waals surface area contributed by atoms with Crippen LogP contribution >= 0.6 is 11.6 Å². The van der Waals surface area contributed by atoms with Crippen LogP contribution in [0.1, 0.15) is 60.8 Å². The maximum atomic E-state index is 15.1. The lowest BCUT2D eigenvalue weighted by molar-refractivity contribution is -0.348. The first kappa shape index (κ1) is 34.9. The lowest BCUT2D eigenvalue weighted by atomic mass is 9.75. The van der Waals surface area contributed by atoms with Crippen LogP contribution in [0, 0.1) is 12.8 Å².